The monoisotopic (exact) mass is 379 g/mol. The van der Waals surface area contributed by atoms with E-state index in [1.807, 2.05) is 0 Å². The SMILES string of the molecule is CC1CCC(C(C)C)C(C(CCC[N+](=O)[O-])C2CC(C)CCC2C(C)C)C1. The number of rotatable bonds is 8. The number of hydrogen-bond donors (Lipinski definition) is 0. The molecule has 2 fully saturated rings. The first-order valence-electron chi connectivity index (χ1n) is 11.8. The van der Waals surface area contributed by atoms with Gasteiger partial charge in [0.15, 0.2) is 0 Å². The molecule has 6 atom stereocenters. The van der Waals surface area contributed by atoms with E-state index in [0.717, 1.165) is 60.2 Å². The first-order chi connectivity index (χ1) is 12.7. The molecule has 27 heavy (non-hydrogen) atoms. The van der Waals surface area contributed by atoms with Crippen LogP contribution in [0.25, 0.3) is 0 Å². The summed E-state index contributed by atoms with van der Waals surface area (Å²) in [7, 11) is 0. The van der Waals surface area contributed by atoms with Crippen LogP contribution < -0.4 is 0 Å². The predicted octanol–water partition coefficient (Wildman–Crippen LogP) is 7.08. The molecule has 0 aromatic rings. The van der Waals surface area contributed by atoms with Crippen LogP contribution in [0.2, 0.25) is 0 Å². The Bertz CT molecular complexity index is 429. The van der Waals surface area contributed by atoms with Crippen LogP contribution >= 0.6 is 0 Å². The van der Waals surface area contributed by atoms with Gasteiger partial charge in [-0.25, -0.2) is 0 Å². The van der Waals surface area contributed by atoms with Gasteiger partial charge in [0.1, 0.15) is 0 Å². The lowest BCUT2D eigenvalue weighted by molar-refractivity contribution is -0.480. The van der Waals surface area contributed by atoms with E-state index in [1.165, 1.54) is 38.5 Å². The fraction of sp³-hybridized carbons (Fsp3) is 1.00. The lowest BCUT2D eigenvalue weighted by Gasteiger charge is -2.49. The van der Waals surface area contributed by atoms with Crippen molar-refractivity contribution >= 4 is 0 Å². The zero-order valence-electron chi connectivity index (χ0n) is 18.8. The molecule has 0 aromatic heterocycles. The minimum absolute atomic E-state index is 0.107. The summed E-state index contributed by atoms with van der Waals surface area (Å²) in [5, 5.41) is 11.0. The number of hydrogen-bond acceptors (Lipinski definition) is 2. The number of nitro groups is 1. The van der Waals surface area contributed by atoms with Crippen molar-refractivity contribution in [2.45, 2.75) is 92.9 Å². The zero-order chi connectivity index (χ0) is 20.1. The zero-order valence-corrected chi connectivity index (χ0v) is 18.8. The Hall–Kier alpha value is -0.600. The van der Waals surface area contributed by atoms with E-state index >= 15 is 0 Å². The van der Waals surface area contributed by atoms with Gasteiger partial charge in [0.05, 0.1) is 0 Å². The van der Waals surface area contributed by atoms with Gasteiger partial charge in [-0.05, 0) is 85.4 Å². The van der Waals surface area contributed by atoms with Crippen molar-refractivity contribution < 1.29 is 4.92 Å². The molecule has 0 heterocycles. The summed E-state index contributed by atoms with van der Waals surface area (Å²) in [4.78, 5) is 10.9. The van der Waals surface area contributed by atoms with Gasteiger partial charge in [-0.2, -0.15) is 0 Å². The van der Waals surface area contributed by atoms with Crippen LogP contribution in [0.4, 0.5) is 0 Å². The normalized spacial score (nSPS) is 36.1. The molecule has 0 aliphatic heterocycles. The summed E-state index contributed by atoms with van der Waals surface area (Å²) in [5.41, 5.74) is 0. The largest absolute Gasteiger partial charge is 0.265 e. The summed E-state index contributed by atoms with van der Waals surface area (Å²) < 4.78 is 0. The highest BCUT2D eigenvalue weighted by atomic mass is 16.6. The average molecular weight is 380 g/mol. The molecular formula is C24H45NO2. The van der Waals surface area contributed by atoms with Crippen LogP contribution in [0.3, 0.4) is 0 Å². The molecule has 3 nitrogen and oxygen atoms in total. The predicted molar refractivity (Wildman–Crippen MR) is 114 cm³/mol. The van der Waals surface area contributed by atoms with Crippen LogP contribution in [-0.4, -0.2) is 11.5 Å². The highest BCUT2D eigenvalue weighted by Crippen LogP contribution is 2.51. The number of nitrogens with zero attached hydrogens (tertiary/aromatic N) is 1. The second kappa shape index (κ2) is 10.3. The molecule has 2 aliphatic carbocycles. The summed E-state index contributed by atoms with van der Waals surface area (Å²) in [6, 6.07) is 0. The van der Waals surface area contributed by atoms with Crippen LogP contribution in [0.1, 0.15) is 92.9 Å². The highest BCUT2D eigenvalue weighted by molar-refractivity contribution is 4.92. The molecule has 0 radical (unpaired) electrons. The maximum absolute atomic E-state index is 11.0. The lowest BCUT2D eigenvalue weighted by atomic mass is 9.56. The van der Waals surface area contributed by atoms with Gasteiger partial charge in [0, 0.05) is 11.3 Å². The Morgan fingerprint density at radius 2 is 1.26 bits per heavy atom. The molecule has 0 amide bonds. The molecule has 6 unspecified atom stereocenters. The van der Waals surface area contributed by atoms with Crippen LogP contribution in [0, 0.1) is 63.4 Å². The van der Waals surface area contributed by atoms with Gasteiger partial charge < -0.3 is 0 Å². The van der Waals surface area contributed by atoms with Crippen molar-refractivity contribution in [1.29, 1.82) is 0 Å². The van der Waals surface area contributed by atoms with E-state index in [-0.39, 0.29) is 11.5 Å². The smallest absolute Gasteiger partial charge is 0.203 e. The summed E-state index contributed by atoms with van der Waals surface area (Å²) in [5.74, 6) is 6.98. The molecule has 3 heteroatoms. The first kappa shape index (κ1) is 22.7. The van der Waals surface area contributed by atoms with Crippen molar-refractivity contribution in [3.63, 3.8) is 0 Å². The maximum Gasteiger partial charge on any atom is 0.203 e. The molecule has 2 saturated carbocycles. The van der Waals surface area contributed by atoms with E-state index < -0.39 is 0 Å². The van der Waals surface area contributed by atoms with Gasteiger partial charge in [-0.3, -0.25) is 10.1 Å². The summed E-state index contributed by atoms with van der Waals surface area (Å²) in [6.07, 6.45) is 10.0. The molecule has 158 valence electrons. The summed E-state index contributed by atoms with van der Waals surface area (Å²) in [6.45, 7) is 14.6. The molecule has 0 aromatic carbocycles. The molecule has 0 saturated heterocycles. The first-order valence-corrected chi connectivity index (χ1v) is 11.8. The molecular weight excluding hydrogens is 334 g/mol. The van der Waals surface area contributed by atoms with Crippen molar-refractivity contribution in [2.75, 3.05) is 6.54 Å². The third-order valence-electron chi connectivity index (χ3n) is 8.13. The molecule has 0 N–H and O–H groups in total. The Morgan fingerprint density at radius 1 is 0.815 bits per heavy atom. The van der Waals surface area contributed by atoms with Gasteiger partial charge in [-0.1, -0.05) is 54.4 Å². The topological polar surface area (TPSA) is 43.1 Å². The van der Waals surface area contributed by atoms with Crippen molar-refractivity contribution in [1.82, 2.24) is 0 Å². The average Bonchev–Trinajstić information content (AvgIpc) is 2.57. The van der Waals surface area contributed by atoms with Crippen LogP contribution in [0.5, 0.6) is 0 Å². The van der Waals surface area contributed by atoms with Gasteiger partial charge in [-0.15, -0.1) is 0 Å². The Morgan fingerprint density at radius 3 is 1.63 bits per heavy atom. The maximum atomic E-state index is 11.0. The fourth-order valence-corrected chi connectivity index (χ4v) is 6.74. The highest BCUT2D eigenvalue weighted by Gasteiger charge is 2.43. The fourth-order valence-electron chi connectivity index (χ4n) is 6.74. The van der Waals surface area contributed by atoms with Crippen LogP contribution in [0.15, 0.2) is 0 Å². The van der Waals surface area contributed by atoms with Crippen LogP contribution in [-0.2, 0) is 0 Å². The third-order valence-corrected chi connectivity index (χ3v) is 8.13. The molecule has 0 bridgehead atoms. The lowest BCUT2D eigenvalue weighted by Crippen LogP contribution is -2.41. The second-order valence-electron chi connectivity index (χ2n) is 10.8. The van der Waals surface area contributed by atoms with E-state index in [0.29, 0.717) is 5.92 Å². The van der Waals surface area contributed by atoms with Crippen molar-refractivity contribution in [3.8, 4) is 0 Å². The van der Waals surface area contributed by atoms with Gasteiger partial charge >= 0.3 is 0 Å². The van der Waals surface area contributed by atoms with Crippen molar-refractivity contribution in [3.05, 3.63) is 10.1 Å². The van der Waals surface area contributed by atoms with Gasteiger partial charge in [0.2, 0.25) is 6.54 Å². The minimum Gasteiger partial charge on any atom is -0.265 e. The molecule has 2 rings (SSSR count). The molecule has 2 aliphatic rings. The van der Waals surface area contributed by atoms with E-state index in [4.69, 9.17) is 0 Å². The standard InChI is InChI=1S/C24H45NO2/c1-16(2)20-11-9-18(5)14-23(20)22(8-7-13-25(26)27)24-15-19(6)10-12-21(24)17(3)4/h16-24H,7-15H2,1-6H3. The third kappa shape index (κ3) is 6.19. The Kier molecular flexibility index (Phi) is 8.62. The quantitative estimate of drug-likeness (QED) is 0.334. The Labute approximate surface area is 168 Å². The molecule has 0 spiro atoms. The second-order valence-corrected chi connectivity index (χ2v) is 10.8. The Balaban J connectivity index is 2.28. The van der Waals surface area contributed by atoms with E-state index in [1.54, 1.807) is 0 Å². The van der Waals surface area contributed by atoms with E-state index in [9.17, 15) is 10.1 Å². The minimum atomic E-state index is -0.107. The van der Waals surface area contributed by atoms with Gasteiger partial charge in [0.25, 0.3) is 0 Å². The van der Waals surface area contributed by atoms with Crippen molar-refractivity contribution in [2.24, 2.45) is 53.3 Å². The van der Waals surface area contributed by atoms with E-state index in [2.05, 4.69) is 41.5 Å². The summed E-state index contributed by atoms with van der Waals surface area (Å²) >= 11 is 0.